The van der Waals surface area contributed by atoms with Crippen molar-refractivity contribution in [1.29, 1.82) is 0 Å². The maximum atomic E-state index is 14.5. The molecule has 1 saturated heterocycles. The fourth-order valence-electron chi connectivity index (χ4n) is 3.92. The topological polar surface area (TPSA) is 55.8 Å². The smallest absolute Gasteiger partial charge is 0.343 e. The summed E-state index contributed by atoms with van der Waals surface area (Å²) in [4.78, 5) is 26.3. The molecule has 28 heavy (non-hydrogen) atoms. The van der Waals surface area contributed by atoms with Crippen molar-refractivity contribution < 1.29 is 32.2 Å². The second kappa shape index (κ2) is 7.00. The van der Waals surface area contributed by atoms with Crippen molar-refractivity contribution in [3.8, 4) is 0 Å². The number of carbonyl (C=O) groups is 2. The number of Topliss-reactive ketones (excluding diaryl/α,β-unsaturated/α-hetero) is 1. The number of nitrogens with zero attached hydrogens (tertiary/aromatic N) is 1. The van der Waals surface area contributed by atoms with Crippen LogP contribution < -0.4 is 0 Å². The van der Waals surface area contributed by atoms with Crippen LogP contribution in [-0.2, 0) is 19.1 Å². The van der Waals surface area contributed by atoms with Crippen molar-refractivity contribution in [2.24, 2.45) is 5.92 Å². The molecule has 0 N–H and O–H groups in total. The summed E-state index contributed by atoms with van der Waals surface area (Å²) < 4.78 is 53.5. The quantitative estimate of drug-likeness (QED) is 0.539. The van der Waals surface area contributed by atoms with Crippen LogP contribution in [0.3, 0.4) is 0 Å². The van der Waals surface area contributed by atoms with Gasteiger partial charge in [-0.25, -0.2) is 13.6 Å². The molecule has 3 unspecified atom stereocenters. The second-order valence-electron chi connectivity index (χ2n) is 6.87. The number of ether oxygens (including phenoxy) is 2. The van der Waals surface area contributed by atoms with Crippen LogP contribution in [0.2, 0.25) is 0 Å². The largest absolute Gasteiger partial charge is 0.469 e. The average Bonchev–Trinajstić information content (AvgIpc) is 3.04. The lowest BCUT2D eigenvalue weighted by molar-refractivity contribution is -0.141. The standard InChI is InChI=1S/C20H18F3NO4/c1-2-27-20(26)11-9-24-12(8-10-6-4-3-5-7-10)28-19-16(23)15(22)14(21)13(17(19)24)18(11)25/h4,6-7,9,12-13,17H,2-3,5,8H2,1H3. The lowest BCUT2D eigenvalue weighted by Gasteiger charge is -2.35. The first kappa shape index (κ1) is 18.6. The Labute approximate surface area is 159 Å². The highest BCUT2D eigenvalue weighted by Crippen LogP contribution is 2.49. The molecule has 0 radical (unpaired) electrons. The number of esters is 1. The molecular weight excluding hydrogens is 375 g/mol. The van der Waals surface area contributed by atoms with Gasteiger partial charge in [-0.1, -0.05) is 18.2 Å². The van der Waals surface area contributed by atoms with E-state index in [4.69, 9.17) is 9.47 Å². The van der Waals surface area contributed by atoms with Crippen LogP contribution in [-0.4, -0.2) is 35.5 Å². The van der Waals surface area contributed by atoms with E-state index in [0.717, 1.165) is 18.4 Å². The maximum Gasteiger partial charge on any atom is 0.343 e. The molecule has 4 rings (SSSR count). The zero-order valence-corrected chi connectivity index (χ0v) is 15.1. The Morgan fingerprint density at radius 1 is 1.29 bits per heavy atom. The van der Waals surface area contributed by atoms with Gasteiger partial charge in [-0.05, 0) is 25.3 Å². The Bertz CT molecular complexity index is 899. The molecule has 0 aromatic carbocycles. The molecule has 2 aliphatic carbocycles. The highest BCUT2D eigenvalue weighted by atomic mass is 19.2. The van der Waals surface area contributed by atoms with Gasteiger partial charge in [0, 0.05) is 12.6 Å². The van der Waals surface area contributed by atoms with Crippen molar-refractivity contribution in [2.75, 3.05) is 6.61 Å². The number of hydrogen-bond donors (Lipinski definition) is 0. The summed E-state index contributed by atoms with van der Waals surface area (Å²) in [6.07, 6.45) is 8.36. The zero-order chi connectivity index (χ0) is 20.0. The molecule has 2 aliphatic heterocycles. The van der Waals surface area contributed by atoms with Gasteiger partial charge in [0.05, 0.1) is 6.61 Å². The van der Waals surface area contributed by atoms with E-state index >= 15 is 0 Å². The highest BCUT2D eigenvalue weighted by Gasteiger charge is 2.56. The van der Waals surface area contributed by atoms with E-state index in [9.17, 15) is 22.8 Å². The summed E-state index contributed by atoms with van der Waals surface area (Å²) in [5.74, 6) is -8.71. The van der Waals surface area contributed by atoms with Gasteiger partial charge in [0.15, 0.2) is 29.4 Å². The van der Waals surface area contributed by atoms with Crippen LogP contribution in [0.25, 0.3) is 0 Å². The van der Waals surface area contributed by atoms with Gasteiger partial charge in [0.1, 0.15) is 17.5 Å². The van der Waals surface area contributed by atoms with Crippen LogP contribution in [0.1, 0.15) is 26.2 Å². The first-order valence-corrected chi connectivity index (χ1v) is 9.12. The number of hydrogen-bond acceptors (Lipinski definition) is 5. The van der Waals surface area contributed by atoms with Gasteiger partial charge >= 0.3 is 5.97 Å². The Morgan fingerprint density at radius 3 is 2.75 bits per heavy atom. The predicted molar refractivity (Wildman–Crippen MR) is 92.2 cm³/mol. The van der Waals surface area contributed by atoms with Gasteiger partial charge < -0.3 is 14.4 Å². The SMILES string of the molecule is CCOC(=O)C1=CN2C(CC3=CCCC=C3)OC3=C(F)C(F)=C(F)C(C1=O)C32. The van der Waals surface area contributed by atoms with Crippen molar-refractivity contribution in [3.05, 3.63) is 58.8 Å². The Balaban J connectivity index is 1.77. The van der Waals surface area contributed by atoms with Gasteiger partial charge in [-0.3, -0.25) is 4.79 Å². The van der Waals surface area contributed by atoms with Crippen LogP contribution in [0.4, 0.5) is 13.2 Å². The van der Waals surface area contributed by atoms with E-state index < -0.39 is 58.8 Å². The first-order valence-electron chi connectivity index (χ1n) is 9.12. The molecule has 1 fully saturated rings. The minimum absolute atomic E-state index is 0.0155. The molecule has 2 heterocycles. The summed E-state index contributed by atoms with van der Waals surface area (Å²) in [6, 6.07) is -1.16. The molecular formula is C20H18F3NO4. The van der Waals surface area contributed by atoms with Crippen molar-refractivity contribution in [1.82, 2.24) is 4.90 Å². The van der Waals surface area contributed by atoms with Gasteiger partial charge in [-0.2, -0.15) is 4.39 Å². The third kappa shape index (κ3) is 2.78. The molecule has 0 spiro atoms. The Kier molecular flexibility index (Phi) is 4.64. The van der Waals surface area contributed by atoms with Crippen LogP contribution >= 0.6 is 0 Å². The summed E-state index contributed by atoms with van der Waals surface area (Å²) in [5.41, 5.74) is 0.515. The highest BCUT2D eigenvalue weighted by molar-refractivity contribution is 6.19. The van der Waals surface area contributed by atoms with E-state index in [-0.39, 0.29) is 6.61 Å². The maximum absolute atomic E-state index is 14.5. The minimum Gasteiger partial charge on any atom is -0.469 e. The fourth-order valence-corrected chi connectivity index (χ4v) is 3.92. The van der Waals surface area contributed by atoms with Gasteiger partial charge in [0.25, 0.3) is 0 Å². The Morgan fingerprint density at radius 2 is 2.07 bits per heavy atom. The predicted octanol–water partition coefficient (Wildman–Crippen LogP) is 3.67. The molecule has 148 valence electrons. The van der Waals surface area contributed by atoms with E-state index in [1.807, 2.05) is 18.2 Å². The van der Waals surface area contributed by atoms with Gasteiger partial charge in [-0.15, -0.1) is 0 Å². The molecule has 0 aromatic rings. The summed E-state index contributed by atoms with van der Waals surface area (Å²) in [5, 5.41) is 0. The lowest BCUT2D eigenvalue weighted by Crippen LogP contribution is -2.48. The van der Waals surface area contributed by atoms with Crippen molar-refractivity contribution >= 4 is 11.8 Å². The molecule has 4 aliphatic rings. The zero-order valence-electron chi connectivity index (χ0n) is 15.1. The van der Waals surface area contributed by atoms with Crippen LogP contribution in [0.5, 0.6) is 0 Å². The molecule has 5 nitrogen and oxygen atoms in total. The van der Waals surface area contributed by atoms with Crippen molar-refractivity contribution in [3.63, 3.8) is 0 Å². The van der Waals surface area contributed by atoms with E-state index in [0.29, 0.717) is 6.42 Å². The summed E-state index contributed by atoms with van der Waals surface area (Å²) in [6.45, 7) is 1.58. The monoisotopic (exact) mass is 393 g/mol. The van der Waals surface area contributed by atoms with E-state index in [1.54, 1.807) is 6.92 Å². The first-order chi connectivity index (χ1) is 13.4. The molecule has 0 aromatic heterocycles. The summed E-state index contributed by atoms with van der Waals surface area (Å²) >= 11 is 0. The fraction of sp³-hybridized carbons (Fsp3) is 0.400. The molecule has 0 amide bonds. The average molecular weight is 393 g/mol. The van der Waals surface area contributed by atoms with E-state index in [2.05, 4.69) is 0 Å². The van der Waals surface area contributed by atoms with Crippen LogP contribution in [0.15, 0.2) is 58.8 Å². The third-order valence-electron chi connectivity index (χ3n) is 5.20. The number of halogens is 3. The summed E-state index contributed by atoms with van der Waals surface area (Å²) in [7, 11) is 0. The molecule has 3 atom stereocenters. The van der Waals surface area contributed by atoms with Crippen LogP contribution in [0, 0.1) is 5.92 Å². The van der Waals surface area contributed by atoms with Gasteiger partial charge in [0.2, 0.25) is 5.83 Å². The van der Waals surface area contributed by atoms with Crippen molar-refractivity contribution in [2.45, 2.75) is 38.5 Å². The molecule has 0 saturated carbocycles. The normalized spacial score (nSPS) is 28.8. The minimum atomic E-state index is -1.76. The number of rotatable bonds is 4. The molecule has 0 bridgehead atoms. The number of carbonyl (C=O) groups excluding carboxylic acids is 2. The second-order valence-corrected chi connectivity index (χ2v) is 6.87. The number of ketones is 1. The lowest BCUT2D eigenvalue weighted by atomic mass is 9.82. The van der Waals surface area contributed by atoms with E-state index in [1.165, 1.54) is 11.1 Å². The Hall–Kier alpha value is -2.77. The molecule has 8 heteroatoms. The number of allylic oxidation sites excluding steroid dienone is 5. The third-order valence-corrected chi connectivity index (χ3v) is 5.20.